The number of halogens is 1. The molecule has 1 aromatic rings. The summed E-state index contributed by atoms with van der Waals surface area (Å²) in [4.78, 5) is 9.78. The highest BCUT2D eigenvalue weighted by Gasteiger charge is 2.06. The predicted octanol–water partition coefficient (Wildman–Crippen LogP) is 3.70. The number of rotatable bonds is 7. The van der Waals surface area contributed by atoms with Crippen LogP contribution in [0.2, 0.25) is 0 Å². The molecule has 6 heteroatoms. The maximum atomic E-state index is 4.26. The van der Waals surface area contributed by atoms with E-state index in [1.807, 2.05) is 19.5 Å². The van der Waals surface area contributed by atoms with Crippen molar-refractivity contribution in [3.05, 3.63) is 16.1 Å². The Bertz CT molecular complexity index is 392. The summed E-state index contributed by atoms with van der Waals surface area (Å²) in [6.45, 7) is 7.27. The van der Waals surface area contributed by atoms with Gasteiger partial charge in [-0.15, -0.1) is 35.3 Å². The molecule has 0 radical (unpaired) electrons. The van der Waals surface area contributed by atoms with E-state index in [0.717, 1.165) is 18.2 Å². The van der Waals surface area contributed by atoms with Crippen LogP contribution in [0.3, 0.4) is 0 Å². The third-order valence-electron chi connectivity index (χ3n) is 3.11. The molecular formula is C14H27IN4S. The highest BCUT2D eigenvalue weighted by molar-refractivity contribution is 14.0. The van der Waals surface area contributed by atoms with Gasteiger partial charge in [0.25, 0.3) is 0 Å². The number of guanidine groups is 1. The normalized spacial score (nSPS) is 12.7. The lowest BCUT2D eigenvalue weighted by molar-refractivity contribution is 0.547. The number of nitrogens with zero attached hydrogens (tertiary/aromatic N) is 2. The molecule has 0 saturated carbocycles. The Balaban J connectivity index is 0.00000361. The molecule has 0 bridgehead atoms. The van der Waals surface area contributed by atoms with E-state index in [-0.39, 0.29) is 24.0 Å². The largest absolute Gasteiger partial charge is 0.354 e. The van der Waals surface area contributed by atoms with Gasteiger partial charge in [0.1, 0.15) is 0 Å². The van der Waals surface area contributed by atoms with Crippen molar-refractivity contribution in [2.45, 2.75) is 59.0 Å². The Morgan fingerprint density at radius 1 is 1.45 bits per heavy atom. The second kappa shape index (κ2) is 11.3. The molecule has 1 atom stereocenters. The predicted molar refractivity (Wildman–Crippen MR) is 99.2 cm³/mol. The Morgan fingerprint density at radius 2 is 2.20 bits per heavy atom. The van der Waals surface area contributed by atoms with Crippen LogP contribution in [-0.2, 0) is 6.54 Å². The number of thiazole rings is 1. The second-order valence-corrected chi connectivity index (χ2v) is 5.77. The highest BCUT2D eigenvalue weighted by Crippen LogP contribution is 2.11. The molecule has 116 valence electrons. The van der Waals surface area contributed by atoms with Crippen LogP contribution in [0.5, 0.6) is 0 Å². The van der Waals surface area contributed by atoms with Crippen LogP contribution in [0.1, 0.15) is 50.1 Å². The van der Waals surface area contributed by atoms with E-state index < -0.39 is 0 Å². The molecule has 4 nitrogen and oxygen atoms in total. The average Bonchev–Trinajstić information content (AvgIpc) is 2.80. The van der Waals surface area contributed by atoms with Crippen molar-refractivity contribution in [3.8, 4) is 0 Å². The monoisotopic (exact) mass is 410 g/mol. The summed E-state index contributed by atoms with van der Waals surface area (Å²) in [7, 11) is 1.81. The SMILES string of the molecule is CCCCCC(C)NC(=NC)NCc1scnc1C.I. The highest BCUT2D eigenvalue weighted by atomic mass is 127. The molecule has 0 amide bonds. The Kier molecular flexibility index (Phi) is 11.1. The van der Waals surface area contributed by atoms with E-state index in [0.29, 0.717) is 6.04 Å². The Hall–Kier alpha value is -0.370. The molecule has 0 aliphatic carbocycles. The first-order chi connectivity index (χ1) is 9.17. The second-order valence-electron chi connectivity index (χ2n) is 4.83. The van der Waals surface area contributed by atoms with Gasteiger partial charge in [0.05, 0.1) is 17.7 Å². The zero-order valence-electron chi connectivity index (χ0n) is 12.9. The first-order valence-corrected chi connectivity index (χ1v) is 7.91. The minimum absolute atomic E-state index is 0. The third kappa shape index (κ3) is 7.42. The van der Waals surface area contributed by atoms with Crippen molar-refractivity contribution >= 4 is 41.3 Å². The van der Waals surface area contributed by atoms with Crippen LogP contribution in [0.4, 0.5) is 0 Å². The van der Waals surface area contributed by atoms with Crippen molar-refractivity contribution in [1.29, 1.82) is 0 Å². The summed E-state index contributed by atoms with van der Waals surface area (Å²) in [5.74, 6) is 0.872. The van der Waals surface area contributed by atoms with Crippen molar-refractivity contribution < 1.29 is 0 Å². The molecule has 20 heavy (non-hydrogen) atoms. The number of aliphatic imine (C=N–C) groups is 1. The fraction of sp³-hybridized carbons (Fsp3) is 0.714. The van der Waals surface area contributed by atoms with E-state index in [2.05, 4.69) is 34.5 Å². The summed E-state index contributed by atoms with van der Waals surface area (Å²) in [5.41, 5.74) is 2.99. The summed E-state index contributed by atoms with van der Waals surface area (Å²) < 4.78 is 0. The van der Waals surface area contributed by atoms with Crippen LogP contribution in [-0.4, -0.2) is 24.0 Å². The van der Waals surface area contributed by atoms with E-state index in [4.69, 9.17) is 0 Å². The summed E-state index contributed by atoms with van der Waals surface area (Å²) in [5, 5.41) is 6.77. The number of aromatic nitrogens is 1. The number of aryl methyl sites for hydroxylation is 1. The molecule has 1 heterocycles. The molecule has 0 aliphatic rings. The summed E-state index contributed by atoms with van der Waals surface area (Å²) >= 11 is 1.68. The molecule has 1 rings (SSSR count). The zero-order valence-corrected chi connectivity index (χ0v) is 16.0. The van der Waals surface area contributed by atoms with Gasteiger partial charge in [-0.1, -0.05) is 26.2 Å². The van der Waals surface area contributed by atoms with Gasteiger partial charge < -0.3 is 10.6 Å². The Morgan fingerprint density at radius 3 is 2.75 bits per heavy atom. The summed E-state index contributed by atoms with van der Waals surface area (Å²) in [6.07, 6.45) is 5.03. The minimum Gasteiger partial charge on any atom is -0.354 e. The summed E-state index contributed by atoms with van der Waals surface area (Å²) in [6, 6.07) is 0.459. The van der Waals surface area contributed by atoms with Crippen molar-refractivity contribution in [1.82, 2.24) is 15.6 Å². The molecule has 0 saturated heterocycles. The molecule has 0 spiro atoms. The number of hydrogen-bond acceptors (Lipinski definition) is 3. The number of nitrogens with one attached hydrogen (secondary N) is 2. The molecule has 1 unspecified atom stereocenters. The number of unbranched alkanes of at least 4 members (excludes halogenated alkanes) is 2. The van der Waals surface area contributed by atoms with Crippen LogP contribution in [0.15, 0.2) is 10.5 Å². The average molecular weight is 410 g/mol. The van der Waals surface area contributed by atoms with Crippen molar-refractivity contribution in [3.63, 3.8) is 0 Å². The lowest BCUT2D eigenvalue weighted by Gasteiger charge is -2.17. The fourth-order valence-electron chi connectivity index (χ4n) is 1.86. The van der Waals surface area contributed by atoms with Gasteiger partial charge in [-0.05, 0) is 20.3 Å². The third-order valence-corrected chi connectivity index (χ3v) is 4.04. The maximum absolute atomic E-state index is 4.26. The van der Waals surface area contributed by atoms with E-state index >= 15 is 0 Å². The van der Waals surface area contributed by atoms with Gasteiger partial charge in [-0.25, -0.2) is 4.98 Å². The first kappa shape index (κ1) is 19.6. The maximum Gasteiger partial charge on any atom is 0.191 e. The molecular weight excluding hydrogens is 383 g/mol. The molecule has 0 aromatic carbocycles. The van der Waals surface area contributed by atoms with Gasteiger partial charge in [-0.3, -0.25) is 4.99 Å². The molecule has 2 N–H and O–H groups in total. The van der Waals surface area contributed by atoms with E-state index in [1.54, 1.807) is 11.3 Å². The van der Waals surface area contributed by atoms with Gasteiger partial charge in [0.15, 0.2) is 5.96 Å². The smallest absolute Gasteiger partial charge is 0.191 e. The standard InChI is InChI=1S/C14H26N4S.HI/c1-5-6-7-8-11(2)18-14(15-4)16-9-13-12(3)17-10-19-13;/h10-11H,5-9H2,1-4H3,(H2,15,16,18);1H. The Labute approximate surface area is 143 Å². The van der Waals surface area contributed by atoms with Crippen LogP contribution in [0, 0.1) is 6.92 Å². The zero-order chi connectivity index (χ0) is 14.1. The van der Waals surface area contributed by atoms with E-state index in [9.17, 15) is 0 Å². The first-order valence-electron chi connectivity index (χ1n) is 7.03. The minimum atomic E-state index is 0. The van der Waals surface area contributed by atoms with Gasteiger partial charge in [0, 0.05) is 18.0 Å². The number of hydrogen-bond donors (Lipinski definition) is 2. The lowest BCUT2D eigenvalue weighted by atomic mass is 10.1. The fourth-order valence-corrected chi connectivity index (χ4v) is 2.58. The van der Waals surface area contributed by atoms with E-state index in [1.165, 1.54) is 30.6 Å². The van der Waals surface area contributed by atoms with Crippen LogP contribution in [0.25, 0.3) is 0 Å². The van der Waals surface area contributed by atoms with Crippen LogP contribution < -0.4 is 10.6 Å². The van der Waals surface area contributed by atoms with Crippen molar-refractivity contribution in [2.24, 2.45) is 4.99 Å². The van der Waals surface area contributed by atoms with Crippen LogP contribution >= 0.6 is 35.3 Å². The molecule has 1 aromatic heterocycles. The molecule has 0 fully saturated rings. The van der Waals surface area contributed by atoms with Gasteiger partial charge >= 0.3 is 0 Å². The van der Waals surface area contributed by atoms with Gasteiger partial charge in [-0.2, -0.15) is 0 Å². The topological polar surface area (TPSA) is 49.3 Å². The quantitative estimate of drug-likeness (QED) is 0.312. The van der Waals surface area contributed by atoms with Gasteiger partial charge in [0.2, 0.25) is 0 Å². The van der Waals surface area contributed by atoms with Crippen molar-refractivity contribution in [2.75, 3.05) is 7.05 Å². The molecule has 0 aliphatic heterocycles. The lowest BCUT2D eigenvalue weighted by Crippen LogP contribution is -2.41.